The predicted octanol–water partition coefficient (Wildman–Crippen LogP) is 2.16. The average molecular weight is 411 g/mol. The monoisotopic (exact) mass is 411 g/mol. The van der Waals surface area contributed by atoms with Crippen LogP contribution in [-0.4, -0.2) is 51.0 Å². The Balaban J connectivity index is 1.36. The van der Waals surface area contributed by atoms with Gasteiger partial charge in [-0.15, -0.1) is 0 Å². The maximum absolute atomic E-state index is 12.8. The number of nitrogens with one attached hydrogen (secondary N) is 2. The van der Waals surface area contributed by atoms with E-state index in [1.54, 1.807) is 30.7 Å². The van der Waals surface area contributed by atoms with Gasteiger partial charge in [0.1, 0.15) is 24.4 Å². The van der Waals surface area contributed by atoms with E-state index in [2.05, 4.69) is 15.6 Å². The van der Waals surface area contributed by atoms with E-state index < -0.39 is 17.5 Å². The molecule has 0 radical (unpaired) electrons. The number of imide groups is 1. The highest BCUT2D eigenvalue weighted by Crippen LogP contribution is 2.33. The van der Waals surface area contributed by atoms with Crippen molar-refractivity contribution in [2.24, 2.45) is 0 Å². The molecule has 2 heterocycles. The van der Waals surface area contributed by atoms with E-state index >= 15 is 0 Å². The van der Waals surface area contributed by atoms with Gasteiger partial charge in [0.2, 0.25) is 5.91 Å². The number of benzene rings is 1. The van der Waals surface area contributed by atoms with Crippen LogP contribution in [0.3, 0.4) is 0 Å². The van der Waals surface area contributed by atoms with Crippen LogP contribution in [0.25, 0.3) is 0 Å². The summed E-state index contributed by atoms with van der Waals surface area (Å²) in [4.78, 5) is 42.8. The van der Waals surface area contributed by atoms with Crippen molar-refractivity contribution in [3.8, 4) is 5.75 Å². The number of hydrogen-bond acceptors (Lipinski definition) is 5. The van der Waals surface area contributed by atoms with Gasteiger partial charge in [0.25, 0.3) is 5.91 Å². The third kappa shape index (κ3) is 4.14. The number of hydrogen-bond donors (Lipinski definition) is 2. The molecule has 2 aromatic rings. The standard InChI is InChI=1S/C21H25N5O4/c27-18(14-26-19(28)21(24-20(26)29)8-4-1-5-9-21)23-16-6-2-3-7-17(16)30-13-12-25-11-10-22-15-25/h2-3,6-7,10-11,15H,1,4-5,8-9,12-14H2,(H,23,27)(H,24,29). The average Bonchev–Trinajstić information content (AvgIpc) is 3.33. The Morgan fingerprint density at radius 1 is 1.20 bits per heavy atom. The van der Waals surface area contributed by atoms with E-state index in [-0.39, 0.29) is 12.5 Å². The van der Waals surface area contributed by atoms with Crippen molar-refractivity contribution in [1.29, 1.82) is 0 Å². The molecule has 2 fully saturated rings. The van der Waals surface area contributed by atoms with Gasteiger partial charge in [0.15, 0.2) is 0 Å². The SMILES string of the molecule is O=C(CN1C(=O)NC2(CCCCC2)C1=O)Nc1ccccc1OCCn1ccnc1. The summed E-state index contributed by atoms with van der Waals surface area (Å²) in [7, 11) is 0. The minimum absolute atomic E-state index is 0.299. The Labute approximate surface area is 174 Å². The number of rotatable bonds is 7. The molecule has 1 aromatic carbocycles. The normalized spacial score (nSPS) is 17.8. The second-order valence-electron chi connectivity index (χ2n) is 7.66. The minimum atomic E-state index is -0.829. The number of amides is 4. The fraction of sp³-hybridized carbons (Fsp3) is 0.429. The Kier molecular flexibility index (Phi) is 5.69. The van der Waals surface area contributed by atoms with Crippen molar-refractivity contribution in [2.75, 3.05) is 18.5 Å². The lowest BCUT2D eigenvalue weighted by Gasteiger charge is -2.30. The van der Waals surface area contributed by atoms with E-state index in [4.69, 9.17) is 4.74 Å². The third-order valence-electron chi connectivity index (χ3n) is 5.58. The zero-order valence-electron chi connectivity index (χ0n) is 16.7. The van der Waals surface area contributed by atoms with Crippen LogP contribution in [0.15, 0.2) is 43.0 Å². The van der Waals surface area contributed by atoms with Gasteiger partial charge >= 0.3 is 6.03 Å². The first kappa shape index (κ1) is 19.9. The summed E-state index contributed by atoms with van der Waals surface area (Å²) in [6, 6.07) is 6.57. The first-order valence-electron chi connectivity index (χ1n) is 10.2. The lowest BCUT2D eigenvalue weighted by Crippen LogP contribution is -2.48. The number of carbonyl (C=O) groups is 3. The Hall–Kier alpha value is -3.36. The fourth-order valence-corrected chi connectivity index (χ4v) is 4.02. The molecular formula is C21H25N5O4. The summed E-state index contributed by atoms with van der Waals surface area (Å²) >= 11 is 0. The fourth-order valence-electron chi connectivity index (χ4n) is 4.02. The molecule has 9 heteroatoms. The number of imidazole rings is 1. The minimum Gasteiger partial charge on any atom is -0.490 e. The molecule has 2 aliphatic rings. The highest BCUT2D eigenvalue weighted by Gasteiger charge is 2.51. The molecule has 0 bridgehead atoms. The number of ether oxygens (including phenoxy) is 1. The van der Waals surface area contributed by atoms with Gasteiger partial charge in [-0.1, -0.05) is 31.4 Å². The number of urea groups is 1. The van der Waals surface area contributed by atoms with Crippen molar-refractivity contribution in [1.82, 2.24) is 19.8 Å². The van der Waals surface area contributed by atoms with Crippen molar-refractivity contribution in [2.45, 2.75) is 44.2 Å². The molecule has 1 aliphatic heterocycles. The zero-order valence-corrected chi connectivity index (χ0v) is 16.7. The topological polar surface area (TPSA) is 106 Å². The lowest BCUT2D eigenvalue weighted by molar-refractivity contribution is -0.134. The highest BCUT2D eigenvalue weighted by molar-refractivity contribution is 6.10. The molecule has 1 saturated carbocycles. The smallest absolute Gasteiger partial charge is 0.325 e. The lowest BCUT2D eigenvalue weighted by atomic mass is 9.82. The van der Waals surface area contributed by atoms with E-state index in [0.29, 0.717) is 37.4 Å². The van der Waals surface area contributed by atoms with E-state index in [9.17, 15) is 14.4 Å². The molecule has 158 valence electrons. The third-order valence-corrected chi connectivity index (χ3v) is 5.58. The number of para-hydroxylation sites is 2. The number of aromatic nitrogens is 2. The van der Waals surface area contributed by atoms with Crippen LogP contribution in [0.1, 0.15) is 32.1 Å². The summed E-state index contributed by atoms with van der Waals surface area (Å²) < 4.78 is 7.68. The molecular weight excluding hydrogens is 386 g/mol. The van der Waals surface area contributed by atoms with Crippen molar-refractivity contribution in [3.05, 3.63) is 43.0 Å². The van der Waals surface area contributed by atoms with Crippen LogP contribution in [0.5, 0.6) is 5.75 Å². The molecule has 4 rings (SSSR count). The second kappa shape index (κ2) is 8.56. The molecule has 4 amide bonds. The van der Waals surface area contributed by atoms with Gasteiger partial charge in [0, 0.05) is 12.4 Å². The molecule has 30 heavy (non-hydrogen) atoms. The summed E-state index contributed by atoms with van der Waals surface area (Å²) in [6.45, 7) is 0.696. The summed E-state index contributed by atoms with van der Waals surface area (Å²) in [5.41, 5.74) is -0.336. The molecule has 0 unspecified atom stereocenters. The number of carbonyl (C=O) groups excluding carboxylic acids is 3. The number of anilines is 1. The largest absolute Gasteiger partial charge is 0.490 e. The quantitative estimate of drug-likeness (QED) is 0.679. The molecule has 1 aromatic heterocycles. The molecule has 0 atom stereocenters. The molecule has 9 nitrogen and oxygen atoms in total. The van der Waals surface area contributed by atoms with E-state index in [0.717, 1.165) is 24.2 Å². The van der Waals surface area contributed by atoms with Crippen LogP contribution in [-0.2, 0) is 16.1 Å². The van der Waals surface area contributed by atoms with E-state index in [1.165, 1.54) is 0 Å². The van der Waals surface area contributed by atoms with Gasteiger partial charge in [-0.05, 0) is 25.0 Å². The Morgan fingerprint density at radius 2 is 2.00 bits per heavy atom. The molecule has 1 saturated heterocycles. The maximum atomic E-state index is 12.8. The summed E-state index contributed by atoms with van der Waals surface area (Å²) in [6.07, 6.45) is 9.35. The summed E-state index contributed by atoms with van der Waals surface area (Å²) in [5, 5.41) is 5.57. The second-order valence-corrected chi connectivity index (χ2v) is 7.66. The van der Waals surface area contributed by atoms with Crippen molar-refractivity contribution in [3.63, 3.8) is 0 Å². The van der Waals surface area contributed by atoms with Crippen molar-refractivity contribution >= 4 is 23.5 Å². The van der Waals surface area contributed by atoms with Crippen molar-refractivity contribution < 1.29 is 19.1 Å². The van der Waals surface area contributed by atoms with Gasteiger partial charge in [-0.25, -0.2) is 9.78 Å². The summed E-state index contributed by atoms with van der Waals surface area (Å²) in [5.74, 6) is -0.226. The predicted molar refractivity (Wildman–Crippen MR) is 109 cm³/mol. The first-order chi connectivity index (χ1) is 14.6. The van der Waals surface area contributed by atoms with Crippen LogP contribution < -0.4 is 15.4 Å². The Bertz CT molecular complexity index is 921. The first-order valence-corrected chi connectivity index (χ1v) is 10.2. The van der Waals surface area contributed by atoms with Gasteiger partial charge in [-0.3, -0.25) is 14.5 Å². The molecule has 1 spiro atoms. The van der Waals surface area contributed by atoms with Gasteiger partial charge in [0.05, 0.1) is 18.6 Å². The zero-order chi connectivity index (χ0) is 21.0. The van der Waals surface area contributed by atoms with Crippen LogP contribution in [0, 0.1) is 0 Å². The maximum Gasteiger partial charge on any atom is 0.325 e. The molecule has 2 N–H and O–H groups in total. The van der Waals surface area contributed by atoms with Crippen LogP contribution >= 0.6 is 0 Å². The van der Waals surface area contributed by atoms with Crippen LogP contribution in [0.4, 0.5) is 10.5 Å². The van der Waals surface area contributed by atoms with Gasteiger partial charge in [-0.2, -0.15) is 0 Å². The molecule has 1 aliphatic carbocycles. The van der Waals surface area contributed by atoms with E-state index in [1.807, 2.05) is 16.8 Å². The van der Waals surface area contributed by atoms with Gasteiger partial charge < -0.3 is 19.9 Å². The highest BCUT2D eigenvalue weighted by atomic mass is 16.5. The van der Waals surface area contributed by atoms with Crippen LogP contribution in [0.2, 0.25) is 0 Å². The Morgan fingerprint density at radius 3 is 2.77 bits per heavy atom. The number of nitrogens with zero attached hydrogens (tertiary/aromatic N) is 3.